The number of aromatic nitrogens is 1. The molecule has 0 amide bonds. The van der Waals surface area contributed by atoms with E-state index in [4.69, 9.17) is 4.42 Å². The summed E-state index contributed by atoms with van der Waals surface area (Å²) >= 11 is 0. The Labute approximate surface area is 330 Å². The van der Waals surface area contributed by atoms with Crippen molar-refractivity contribution in [1.82, 2.24) is 4.57 Å². The molecule has 0 bridgehead atoms. The van der Waals surface area contributed by atoms with Gasteiger partial charge in [0.15, 0.2) is 5.58 Å². The van der Waals surface area contributed by atoms with Crippen LogP contribution in [0.4, 0.5) is 17.1 Å². The van der Waals surface area contributed by atoms with Gasteiger partial charge in [0.2, 0.25) is 0 Å². The molecule has 57 heavy (non-hydrogen) atoms. The molecule has 0 aliphatic carbocycles. The van der Waals surface area contributed by atoms with Gasteiger partial charge in [0, 0.05) is 38.5 Å². The molecule has 3 nitrogen and oxygen atoms in total. The second-order valence-corrected chi connectivity index (χ2v) is 14.5. The Kier molecular flexibility index (Phi) is 7.82. The second-order valence-electron chi connectivity index (χ2n) is 14.5. The average molecular weight is 729 g/mol. The van der Waals surface area contributed by atoms with Crippen molar-refractivity contribution >= 4 is 60.8 Å². The Hall–Kier alpha value is -7.62. The predicted molar refractivity (Wildman–Crippen MR) is 239 cm³/mol. The highest BCUT2D eigenvalue weighted by Crippen LogP contribution is 2.43. The number of fused-ring (bicyclic) bond motifs is 6. The summed E-state index contributed by atoms with van der Waals surface area (Å²) in [6, 6.07) is 78.0. The summed E-state index contributed by atoms with van der Waals surface area (Å²) in [5, 5.41) is 4.73. The van der Waals surface area contributed by atoms with Crippen LogP contribution in [-0.2, 0) is 0 Å². The largest absolute Gasteiger partial charge is 0.454 e. The normalized spacial score (nSPS) is 11.5. The van der Waals surface area contributed by atoms with E-state index in [1.165, 1.54) is 49.6 Å². The maximum absolute atomic E-state index is 6.50. The van der Waals surface area contributed by atoms with E-state index >= 15 is 0 Å². The van der Waals surface area contributed by atoms with Gasteiger partial charge in [-0.1, -0.05) is 158 Å². The van der Waals surface area contributed by atoms with Gasteiger partial charge in [-0.3, -0.25) is 0 Å². The molecule has 9 aromatic carbocycles. The highest BCUT2D eigenvalue weighted by molar-refractivity contribution is 6.12. The van der Waals surface area contributed by atoms with Crippen molar-refractivity contribution in [3.05, 3.63) is 218 Å². The van der Waals surface area contributed by atoms with E-state index in [1.807, 2.05) is 12.1 Å². The maximum Gasteiger partial charge on any atom is 0.159 e. The van der Waals surface area contributed by atoms with Crippen LogP contribution in [0.1, 0.15) is 0 Å². The monoisotopic (exact) mass is 728 g/mol. The van der Waals surface area contributed by atoms with Crippen LogP contribution in [0.5, 0.6) is 0 Å². The molecule has 3 heteroatoms. The van der Waals surface area contributed by atoms with Crippen LogP contribution >= 0.6 is 0 Å². The van der Waals surface area contributed by atoms with Crippen molar-refractivity contribution in [1.29, 1.82) is 0 Å². The van der Waals surface area contributed by atoms with Gasteiger partial charge in [0.1, 0.15) is 5.58 Å². The SMILES string of the molecule is c1ccc(-c2ccc3c(c2)c2ccccc2n3-c2ccccc2-c2ccc(-c3ccc(N(c4ccccc4)c4cccc5c4oc4ccccc45)cc3)cc2)cc1. The Morgan fingerprint density at radius 2 is 0.912 bits per heavy atom. The number of anilines is 3. The summed E-state index contributed by atoms with van der Waals surface area (Å²) in [4.78, 5) is 2.28. The minimum Gasteiger partial charge on any atom is -0.454 e. The fourth-order valence-corrected chi connectivity index (χ4v) is 8.51. The molecule has 0 saturated carbocycles. The topological polar surface area (TPSA) is 21.3 Å². The van der Waals surface area contributed by atoms with Gasteiger partial charge in [-0.15, -0.1) is 0 Å². The van der Waals surface area contributed by atoms with E-state index in [0.717, 1.165) is 50.3 Å². The summed E-state index contributed by atoms with van der Waals surface area (Å²) in [7, 11) is 0. The molecule has 11 aromatic rings. The lowest BCUT2D eigenvalue weighted by Gasteiger charge is -2.25. The van der Waals surface area contributed by atoms with Crippen molar-refractivity contribution < 1.29 is 4.42 Å². The number of hydrogen-bond donors (Lipinski definition) is 0. The number of nitrogens with zero attached hydrogens (tertiary/aromatic N) is 2. The number of furan rings is 1. The zero-order valence-electron chi connectivity index (χ0n) is 31.1. The standard InChI is InChI=1S/C54H36N2O/c1-3-14-37(15-4-1)41-32-35-51-48(36-41)45-19-8-11-23-50(45)56(51)49-22-10-7-18-44(49)40-28-26-38(27-29-40)39-30-33-43(34-31-39)55(42-16-5-2-6-17-42)52-24-13-21-47-46-20-9-12-25-53(46)57-54(47)52/h1-36H. The van der Waals surface area contributed by atoms with Crippen LogP contribution in [0.15, 0.2) is 223 Å². The minimum absolute atomic E-state index is 0.875. The molecule has 2 heterocycles. The minimum atomic E-state index is 0.875. The van der Waals surface area contributed by atoms with Crippen molar-refractivity contribution in [3.8, 4) is 39.1 Å². The third-order valence-corrected chi connectivity index (χ3v) is 11.2. The van der Waals surface area contributed by atoms with Crippen molar-refractivity contribution in [2.45, 2.75) is 0 Å². The molecule has 0 unspecified atom stereocenters. The molecule has 0 atom stereocenters. The first kappa shape index (κ1) is 32.8. The quantitative estimate of drug-likeness (QED) is 0.163. The number of hydrogen-bond acceptors (Lipinski definition) is 2. The first-order valence-corrected chi connectivity index (χ1v) is 19.4. The van der Waals surface area contributed by atoms with E-state index in [0.29, 0.717) is 0 Å². The zero-order chi connectivity index (χ0) is 37.7. The molecule has 0 aliphatic heterocycles. The maximum atomic E-state index is 6.50. The van der Waals surface area contributed by atoms with Gasteiger partial charge in [0.25, 0.3) is 0 Å². The number of benzene rings is 9. The molecule has 11 rings (SSSR count). The Morgan fingerprint density at radius 3 is 1.72 bits per heavy atom. The molecule has 0 aliphatic rings. The van der Waals surface area contributed by atoms with Crippen molar-refractivity contribution in [2.24, 2.45) is 0 Å². The van der Waals surface area contributed by atoms with Crippen molar-refractivity contribution in [3.63, 3.8) is 0 Å². The Bertz CT molecular complexity index is 3210. The lowest BCUT2D eigenvalue weighted by atomic mass is 9.98. The first-order chi connectivity index (χ1) is 28.3. The highest BCUT2D eigenvalue weighted by Gasteiger charge is 2.20. The predicted octanol–water partition coefficient (Wildman–Crippen LogP) is 15.2. The van der Waals surface area contributed by atoms with Crippen LogP contribution in [0.3, 0.4) is 0 Å². The van der Waals surface area contributed by atoms with E-state index in [1.54, 1.807) is 0 Å². The van der Waals surface area contributed by atoms with Gasteiger partial charge >= 0.3 is 0 Å². The molecule has 0 fully saturated rings. The number of rotatable bonds is 7. The summed E-state index contributed by atoms with van der Waals surface area (Å²) in [6.07, 6.45) is 0. The summed E-state index contributed by atoms with van der Waals surface area (Å²) in [5.74, 6) is 0. The summed E-state index contributed by atoms with van der Waals surface area (Å²) in [5.41, 5.74) is 15.6. The molecule has 0 N–H and O–H groups in total. The molecule has 0 radical (unpaired) electrons. The third kappa shape index (κ3) is 5.60. The smallest absolute Gasteiger partial charge is 0.159 e. The van der Waals surface area contributed by atoms with E-state index in [2.05, 4.69) is 216 Å². The molecule has 0 saturated heterocycles. The van der Waals surface area contributed by atoms with Crippen LogP contribution in [0.2, 0.25) is 0 Å². The second kappa shape index (κ2) is 13.6. The Morgan fingerprint density at radius 1 is 0.351 bits per heavy atom. The van der Waals surface area contributed by atoms with Gasteiger partial charge in [-0.25, -0.2) is 0 Å². The highest BCUT2D eigenvalue weighted by atomic mass is 16.3. The van der Waals surface area contributed by atoms with E-state index in [9.17, 15) is 0 Å². The molecular weight excluding hydrogens is 693 g/mol. The van der Waals surface area contributed by atoms with Gasteiger partial charge < -0.3 is 13.9 Å². The Balaban J connectivity index is 0.954. The van der Waals surface area contributed by atoms with Crippen LogP contribution in [0, 0.1) is 0 Å². The molecule has 2 aromatic heterocycles. The van der Waals surface area contributed by atoms with Gasteiger partial charge in [-0.05, 0) is 88.5 Å². The fourth-order valence-electron chi connectivity index (χ4n) is 8.51. The molecular formula is C54H36N2O. The van der Waals surface area contributed by atoms with Gasteiger partial charge in [-0.2, -0.15) is 0 Å². The molecule has 268 valence electrons. The lowest BCUT2D eigenvalue weighted by Crippen LogP contribution is -2.10. The third-order valence-electron chi connectivity index (χ3n) is 11.2. The van der Waals surface area contributed by atoms with E-state index < -0.39 is 0 Å². The van der Waals surface area contributed by atoms with E-state index in [-0.39, 0.29) is 0 Å². The van der Waals surface area contributed by atoms with Crippen LogP contribution in [0.25, 0.3) is 82.8 Å². The number of para-hydroxylation sites is 5. The summed E-state index contributed by atoms with van der Waals surface area (Å²) in [6.45, 7) is 0. The first-order valence-electron chi connectivity index (χ1n) is 19.4. The zero-order valence-corrected chi connectivity index (χ0v) is 31.1. The fraction of sp³-hybridized carbons (Fsp3) is 0. The lowest BCUT2D eigenvalue weighted by molar-refractivity contribution is 0.669. The molecule has 0 spiro atoms. The van der Waals surface area contributed by atoms with Crippen LogP contribution in [-0.4, -0.2) is 4.57 Å². The van der Waals surface area contributed by atoms with Crippen molar-refractivity contribution in [2.75, 3.05) is 4.90 Å². The van der Waals surface area contributed by atoms with Crippen LogP contribution < -0.4 is 4.90 Å². The average Bonchev–Trinajstić information content (AvgIpc) is 3.84. The van der Waals surface area contributed by atoms with Gasteiger partial charge in [0.05, 0.1) is 22.4 Å². The summed E-state index contributed by atoms with van der Waals surface area (Å²) < 4.78 is 8.92.